The van der Waals surface area contributed by atoms with Crippen molar-refractivity contribution in [2.24, 2.45) is 0 Å². The largest absolute Gasteiger partial charge is 0.308 e. The van der Waals surface area contributed by atoms with E-state index in [2.05, 4.69) is 24.3 Å². The number of benzene rings is 1. The molecule has 0 aliphatic rings. The van der Waals surface area contributed by atoms with Crippen molar-refractivity contribution >= 4 is 0 Å². The molecule has 0 saturated heterocycles. The average Bonchev–Trinajstić information content (AvgIpc) is 2.91. The van der Waals surface area contributed by atoms with Crippen molar-refractivity contribution in [1.82, 2.24) is 15.1 Å². The van der Waals surface area contributed by atoms with Crippen LogP contribution in [-0.2, 0) is 6.54 Å². The number of nitrogens with one attached hydrogen (secondary N) is 1. The topological polar surface area (TPSA) is 53.6 Å². The third-order valence-corrected chi connectivity index (χ3v) is 3.68. The van der Waals surface area contributed by atoms with Gasteiger partial charge in [-0.3, -0.25) is 4.68 Å². The molecule has 0 aliphatic carbocycles. The van der Waals surface area contributed by atoms with Gasteiger partial charge >= 0.3 is 0 Å². The third kappa shape index (κ3) is 3.67. The van der Waals surface area contributed by atoms with E-state index in [4.69, 9.17) is 5.26 Å². The minimum atomic E-state index is -0.385. The van der Waals surface area contributed by atoms with Crippen LogP contribution < -0.4 is 5.32 Å². The second kappa shape index (κ2) is 6.51. The summed E-state index contributed by atoms with van der Waals surface area (Å²) < 4.78 is 15.0. The van der Waals surface area contributed by atoms with Crippen molar-refractivity contribution < 1.29 is 4.39 Å². The average molecular weight is 286 g/mol. The van der Waals surface area contributed by atoms with Gasteiger partial charge in [0.25, 0.3) is 0 Å². The Morgan fingerprint density at radius 2 is 2.19 bits per heavy atom. The molecule has 1 aromatic heterocycles. The number of hydrogen-bond donors (Lipinski definition) is 1. The summed E-state index contributed by atoms with van der Waals surface area (Å²) in [5.41, 5.74) is 2.30. The number of aromatic nitrogens is 2. The molecule has 0 bridgehead atoms. The number of nitrogens with zero attached hydrogens (tertiary/aromatic N) is 3. The van der Waals surface area contributed by atoms with Crippen LogP contribution in [0.5, 0.6) is 0 Å². The summed E-state index contributed by atoms with van der Waals surface area (Å²) in [6.07, 6.45) is 3.83. The summed E-state index contributed by atoms with van der Waals surface area (Å²) >= 11 is 0. The second-order valence-electron chi connectivity index (χ2n) is 5.32. The van der Waals surface area contributed by atoms with E-state index in [0.717, 1.165) is 11.1 Å². The standard InChI is InChI=1S/C16H19FN4/c1-11-8-20-21(10-11)13(3)12(2)19-9-14-4-5-16(17)6-15(14)7-18/h4-6,8,10,12-13,19H,9H2,1-3H3/t12-,13-/m1/s1. The monoisotopic (exact) mass is 286 g/mol. The van der Waals surface area contributed by atoms with Gasteiger partial charge in [0, 0.05) is 18.8 Å². The van der Waals surface area contributed by atoms with Crippen LogP contribution in [0.3, 0.4) is 0 Å². The molecule has 5 heteroatoms. The number of rotatable bonds is 5. The van der Waals surface area contributed by atoms with Crippen LogP contribution in [0.4, 0.5) is 4.39 Å². The van der Waals surface area contributed by atoms with Crippen LogP contribution in [0.2, 0.25) is 0 Å². The first-order valence-corrected chi connectivity index (χ1v) is 6.94. The Hall–Kier alpha value is -2.19. The maximum absolute atomic E-state index is 13.1. The molecule has 21 heavy (non-hydrogen) atoms. The van der Waals surface area contributed by atoms with E-state index in [1.165, 1.54) is 12.1 Å². The van der Waals surface area contributed by atoms with Crippen LogP contribution in [-0.4, -0.2) is 15.8 Å². The van der Waals surface area contributed by atoms with Gasteiger partial charge in [0.05, 0.1) is 23.9 Å². The summed E-state index contributed by atoms with van der Waals surface area (Å²) in [5.74, 6) is -0.385. The Morgan fingerprint density at radius 1 is 1.43 bits per heavy atom. The van der Waals surface area contributed by atoms with Crippen molar-refractivity contribution in [3.63, 3.8) is 0 Å². The first-order valence-electron chi connectivity index (χ1n) is 6.94. The van der Waals surface area contributed by atoms with Gasteiger partial charge in [-0.2, -0.15) is 10.4 Å². The number of hydrogen-bond acceptors (Lipinski definition) is 3. The van der Waals surface area contributed by atoms with Gasteiger partial charge in [-0.15, -0.1) is 0 Å². The van der Waals surface area contributed by atoms with Crippen LogP contribution in [0.15, 0.2) is 30.6 Å². The third-order valence-electron chi connectivity index (χ3n) is 3.68. The SMILES string of the molecule is Cc1cnn([C@H](C)[C@@H](C)NCc2ccc(F)cc2C#N)c1. The highest BCUT2D eigenvalue weighted by Gasteiger charge is 2.15. The summed E-state index contributed by atoms with van der Waals surface area (Å²) in [5, 5.41) is 16.7. The van der Waals surface area contributed by atoms with E-state index in [0.29, 0.717) is 12.1 Å². The lowest BCUT2D eigenvalue weighted by Gasteiger charge is -2.22. The zero-order valence-corrected chi connectivity index (χ0v) is 12.5. The Kier molecular flexibility index (Phi) is 4.71. The molecule has 110 valence electrons. The molecule has 2 atom stereocenters. The van der Waals surface area contributed by atoms with Gasteiger partial charge in [-0.1, -0.05) is 6.07 Å². The fraction of sp³-hybridized carbons (Fsp3) is 0.375. The molecule has 1 aromatic carbocycles. The molecule has 0 saturated carbocycles. The fourth-order valence-corrected chi connectivity index (χ4v) is 2.13. The van der Waals surface area contributed by atoms with Crippen molar-refractivity contribution in [2.45, 2.75) is 39.4 Å². The Labute approximate surface area is 124 Å². The molecule has 0 radical (unpaired) electrons. The maximum atomic E-state index is 13.1. The molecule has 1 heterocycles. The molecule has 4 nitrogen and oxygen atoms in total. The highest BCUT2D eigenvalue weighted by molar-refractivity contribution is 5.37. The minimum absolute atomic E-state index is 0.167. The lowest BCUT2D eigenvalue weighted by atomic mass is 10.1. The maximum Gasteiger partial charge on any atom is 0.124 e. The van der Waals surface area contributed by atoms with Crippen LogP contribution in [0.25, 0.3) is 0 Å². The van der Waals surface area contributed by atoms with E-state index in [-0.39, 0.29) is 17.9 Å². The molecule has 1 N–H and O–H groups in total. The molecule has 2 aromatic rings. The smallest absolute Gasteiger partial charge is 0.124 e. The predicted molar refractivity (Wildman–Crippen MR) is 79.1 cm³/mol. The summed E-state index contributed by atoms with van der Waals surface area (Å²) in [6.45, 7) is 6.68. The molecular formula is C16H19FN4. The number of aryl methyl sites for hydroxylation is 1. The van der Waals surface area contributed by atoms with Gasteiger partial charge in [-0.25, -0.2) is 4.39 Å². The fourth-order valence-electron chi connectivity index (χ4n) is 2.13. The van der Waals surface area contributed by atoms with Crippen molar-refractivity contribution in [1.29, 1.82) is 5.26 Å². The van der Waals surface area contributed by atoms with Crippen molar-refractivity contribution in [3.05, 3.63) is 53.1 Å². The van der Waals surface area contributed by atoms with Crippen molar-refractivity contribution in [2.75, 3.05) is 0 Å². The molecule has 0 unspecified atom stereocenters. The van der Waals surface area contributed by atoms with E-state index in [9.17, 15) is 4.39 Å². The van der Waals surface area contributed by atoms with Crippen LogP contribution >= 0.6 is 0 Å². The van der Waals surface area contributed by atoms with Gasteiger partial charge < -0.3 is 5.32 Å². The van der Waals surface area contributed by atoms with E-state index in [1.807, 2.05) is 30.1 Å². The summed E-state index contributed by atoms with van der Waals surface area (Å²) in [4.78, 5) is 0. The first-order chi connectivity index (χ1) is 10.0. The van der Waals surface area contributed by atoms with Gasteiger partial charge in [-0.05, 0) is 44.0 Å². The predicted octanol–water partition coefficient (Wildman–Crippen LogP) is 2.94. The first kappa shape index (κ1) is 15.2. The Morgan fingerprint density at radius 3 is 2.81 bits per heavy atom. The van der Waals surface area contributed by atoms with E-state index < -0.39 is 0 Å². The second-order valence-corrected chi connectivity index (χ2v) is 5.32. The molecule has 0 spiro atoms. The minimum Gasteiger partial charge on any atom is -0.308 e. The summed E-state index contributed by atoms with van der Waals surface area (Å²) in [7, 11) is 0. The quantitative estimate of drug-likeness (QED) is 0.919. The van der Waals surface area contributed by atoms with E-state index >= 15 is 0 Å². The molecule has 2 rings (SSSR count). The highest BCUT2D eigenvalue weighted by atomic mass is 19.1. The zero-order chi connectivity index (χ0) is 15.4. The van der Waals surface area contributed by atoms with E-state index in [1.54, 1.807) is 6.07 Å². The molecule has 0 amide bonds. The van der Waals surface area contributed by atoms with Gasteiger partial charge in [0.2, 0.25) is 0 Å². The zero-order valence-electron chi connectivity index (χ0n) is 12.5. The lowest BCUT2D eigenvalue weighted by molar-refractivity contribution is 0.365. The van der Waals surface area contributed by atoms with Gasteiger partial charge in [0.15, 0.2) is 0 Å². The van der Waals surface area contributed by atoms with Gasteiger partial charge in [0.1, 0.15) is 5.82 Å². The molecule has 0 aliphatic heterocycles. The van der Waals surface area contributed by atoms with Crippen molar-refractivity contribution in [3.8, 4) is 6.07 Å². The van der Waals surface area contributed by atoms with Crippen LogP contribution in [0, 0.1) is 24.1 Å². The Bertz CT molecular complexity index is 657. The number of halogens is 1. The Balaban J connectivity index is 2.01. The lowest BCUT2D eigenvalue weighted by Crippen LogP contribution is -2.33. The number of nitriles is 1. The molecular weight excluding hydrogens is 267 g/mol. The van der Waals surface area contributed by atoms with Crippen LogP contribution in [0.1, 0.15) is 36.6 Å². The summed E-state index contributed by atoms with van der Waals surface area (Å²) in [6, 6.07) is 6.67. The highest BCUT2D eigenvalue weighted by Crippen LogP contribution is 2.14. The molecule has 0 fully saturated rings. The normalized spacial score (nSPS) is 13.7.